The lowest BCUT2D eigenvalue weighted by Gasteiger charge is -2.21. The molecule has 0 aliphatic carbocycles. The van der Waals surface area contributed by atoms with Crippen LogP contribution in [0, 0.1) is 5.92 Å². The van der Waals surface area contributed by atoms with Crippen LogP contribution >= 0.6 is 0 Å². The van der Waals surface area contributed by atoms with E-state index in [2.05, 4.69) is 9.72 Å². The molecule has 7 heteroatoms. The quantitative estimate of drug-likeness (QED) is 0.676. The predicted octanol–water partition coefficient (Wildman–Crippen LogP) is 1.48. The van der Waals surface area contributed by atoms with Gasteiger partial charge < -0.3 is 18.8 Å². The van der Waals surface area contributed by atoms with Crippen LogP contribution in [-0.2, 0) is 20.8 Å². The molecular formula is C14H22N2O5. The third-order valence-corrected chi connectivity index (χ3v) is 2.77. The highest BCUT2D eigenvalue weighted by Crippen LogP contribution is 2.10. The molecule has 1 rings (SSSR count). The number of oxazole rings is 1. The summed E-state index contributed by atoms with van der Waals surface area (Å²) in [6.45, 7) is 5.03. The molecule has 118 valence electrons. The monoisotopic (exact) mass is 298 g/mol. The van der Waals surface area contributed by atoms with Crippen molar-refractivity contribution in [2.75, 3.05) is 27.4 Å². The van der Waals surface area contributed by atoms with Gasteiger partial charge in [-0.1, -0.05) is 13.8 Å². The molecule has 1 heterocycles. The summed E-state index contributed by atoms with van der Waals surface area (Å²) in [5.74, 6) is -0.0110. The second-order valence-corrected chi connectivity index (χ2v) is 5.02. The van der Waals surface area contributed by atoms with E-state index < -0.39 is 5.97 Å². The highest BCUT2D eigenvalue weighted by molar-refractivity contribution is 5.86. The Balaban J connectivity index is 2.73. The van der Waals surface area contributed by atoms with Gasteiger partial charge in [-0.2, -0.15) is 0 Å². The number of carbonyl (C=O) groups is 2. The summed E-state index contributed by atoms with van der Waals surface area (Å²) < 4.78 is 14.8. The third kappa shape index (κ3) is 5.55. The number of hydrogen-bond donors (Lipinski definition) is 0. The van der Waals surface area contributed by atoms with E-state index in [9.17, 15) is 9.59 Å². The lowest BCUT2D eigenvalue weighted by molar-refractivity contribution is -0.133. The lowest BCUT2D eigenvalue weighted by Crippen LogP contribution is -2.34. The minimum absolute atomic E-state index is 0.000122. The molecule has 0 saturated heterocycles. The summed E-state index contributed by atoms with van der Waals surface area (Å²) in [7, 11) is 2.85. The standard InChI is InChI=1S/C14H22N2O5/c1-10(2)7-13(17)16(5-6-19-3)8-12-15-11(9-21-12)14(18)20-4/h9-10H,5-8H2,1-4H3. The van der Waals surface area contributed by atoms with Gasteiger partial charge in [0.2, 0.25) is 11.8 Å². The number of ether oxygens (including phenoxy) is 2. The molecule has 0 fully saturated rings. The maximum Gasteiger partial charge on any atom is 0.360 e. The molecule has 0 aliphatic rings. The van der Waals surface area contributed by atoms with Crippen molar-refractivity contribution in [1.29, 1.82) is 0 Å². The molecule has 1 aromatic rings. The third-order valence-electron chi connectivity index (χ3n) is 2.77. The molecule has 0 N–H and O–H groups in total. The zero-order valence-corrected chi connectivity index (χ0v) is 12.9. The van der Waals surface area contributed by atoms with Crippen LogP contribution in [0.25, 0.3) is 0 Å². The van der Waals surface area contributed by atoms with Gasteiger partial charge in [-0.25, -0.2) is 9.78 Å². The van der Waals surface area contributed by atoms with Gasteiger partial charge in [-0.05, 0) is 5.92 Å². The van der Waals surface area contributed by atoms with Gasteiger partial charge in [0.05, 0.1) is 20.3 Å². The van der Waals surface area contributed by atoms with E-state index in [4.69, 9.17) is 9.15 Å². The van der Waals surface area contributed by atoms with Crippen LogP contribution in [0.2, 0.25) is 0 Å². The average Bonchev–Trinajstić information content (AvgIpc) is 2.90. The smallest absolute Gasteiger partial charge is 0.360 e. The molecular weight excluding hydrogens is 276 g/mol. The molecule has 7 nitrogen and oxygen atoms in total. The van der Waals surface area contributed by atoms with Gasteiger partial charge in [-0.3, -0.25) is 4.79 Å². The lowest BCUT2D eigenvalue weighted by atomic mass is 10.1. The summed E-state index contributed by atoms with van der Waals surface area (Å²) in [4.78, 5) is 29.1. The molecule has 0 saturated carbocycles. The Hall–Kier alpha value is -1.89. The number of aromatic nitrogens is 1. The Morgan fingerprint density at radius 3 is 2.67 bits per heavy atom. The largest absolute Gasteiger partial charge is 0.464 e. The van der Waals surface area contributed by atoms with Gasteiger partial charge >= 0.3 is 5.97 Å². The van der Waals surface area contributed by atoms with E-state index in [1.54, 1.807) is 12.0 Å². The van der Waals surface area contributed by atoms with Crippen LogP contribution in [0.1, 0.15) is 36.6 Å². The Morgan fingerprint density at radius 1 is 1.38 bits per heavy atom. The van der Waals surface area contributed by atoms with Crippen LogP contribution in [0.4, 0.5) is 0 Å². The number of rotatable bonds is 8. The Bertz CT molecular complexity index is 470. The minimum atomic E-state index is -0.568. The van der Waals surface area contributed by atoms with E-state index in [0.717, 1.165) is 0 Å². The summed E-state index contributed by atoms with van der Waals surface area (Å²) in [5, 5.41) is 0. The topological polar surface area (TPSA) is 81.9 Å². The first kappa shape index (κ1) is 17.2. The van der Waals surface area contributed by atoms with Crippen LogP contribution < -0.4 is 0 Å². The van der Waals surface area contributed by atoms with Crippen molar-refractivity contribution in [2.45, 2.75) is 26.8 Å². The van der Waals surface area contributed by atoms with Gasteiger partial charge in [0.1, 0.15) is 6.26 Å². The maximum atomic E-state index is 12.2. The normalized spacial score (nSPS) is 10.7. The SMILES string of the molecule is COCCN(Cc1nc(C(=O)OC)co1)C(=O)CC(C)C. The second kappa shape index (κ2) is 8.41. The molecule has 21 heavy (non-hydrogen) atoms. The van der Waals surface area contributed by atoms with Crippen LogP contribution in [0.3, 0.4) is 0 Å². The van der Waals surface area contributed by atoms with Gasteiger partial charge in [-0.15, -0.1) is 0 Å². The highest BCUT2D eigenvalue weighted by atomic mass is 16.5. The summed E-state index contributed by atoms with van der Waals surface area (Å²) in [6.07, 6.45) is 1.66. The van der Waals surface area contributed by atoms with Crippen molar-refractivity contribution in [1.82, 2.24) is 9.88 Å². The number of amides is 1. The molecule has 0 unspecified atom stereocenters. The van der Waals surface area contributed by atoms with Crippen molar-refractivity contribution in [2.24, 2.45) is 5.92 Å². The van der Waals surface area contributed by atoms with Crippen LogP contribution in [-0.4, -0.2) is 49.1 Å². The van der Waals surface area contributed by atoms with Crippen molar-refractivity contribution < 1.29 is 23.5 Å². The Morgan fingerprint density at radius 2 is 2.10 bits per heavy atom. The van der Waals surface area contributed by atoms with E-state index >= 15 is 0 Å². The fraction of sp³-hybridized carbons (Fsp3) is 0.643. The van der Waals surface area contributed by atoms with E-state index in [1.807, 2.05) is 13.8 Å². The molecule has 0 spiro atoms. The fourth-order valence-electron chi connectivity index (χ4n) is 1.72. The molecule has 0 aliphatic heterocycles. The van der Waals surface area contributed by atoms with E-state index in [-0.39, 0.29) is 24.1 Å². The molecule has 0 bridgehead atoms. The van der Waals surface area contributed by atoms with Crippen molar-refractivity contribution in [3.05, 3.63) is 17.8 Å². The fourth-order valence-corrected chi connectivity index (χ4v) is 1.72. The van der Waals surface area contributed by atoms with Gasteiger partial charge in [0.25, 0.3) is 0 Å². The molecule has 1 aromatic heterocycles. The van der Waals surface area contributed by atoms with Crippen LogP contribution in [0.5, 0.6) is 0 Å². The highest BCUT2D eigenvalue weighted by Gasteiger charge is 2.19. The number of carbonyl (C=O) groups excluding carboxylic acids is 2. The molecule has 0 radical (unpaired) electrons. The zero-order valence-electron chi connectivity index (χ0n) is 12.9. The molecule has 0 atom stereocenters. The van der Waals surface area contributed by atoms with Gasteiger partial charge in [0, 0.05) is 20.1 Å². The summed E-state index contributed by atoms with van der Waals surface area (Å²) >= 11 is 0. The van der Waals surface area contributed by atoms with Crippen molar-refractivity contribution >= 4 is 11.9 Å². The number of hydrogen-bond acceptors (Lipinski definition) is 6. The zero-order chi connectivity index (χ0) is 15.8. The van der Waals surface area contributed by atoms with Crippen LogP contribution in [0.15, 0.2) is 10.7 Å². The van der Waals surface area contributed by atoms with E-state index in [1.165, 1.54) is 13.4 Å². The van der Waals surface area contributed by atoms with E-state index in [0.29, 0.717) is 25.5 Å². The summed E-state index contributed by atoms with van der Waals surface area (Å²) in [6, 6.07) is 0. The first-order valence-corrected chi connectivity index (χ1v) is 6.77. The number of esters is 1. The average molecular weight is 298 g/mol. The minimum Gasteiger partial charge on any atom is -0.464 e. The maximum absolute atomic E-state index is 12.2. The second-order valence-electron chi connectivity index (χ2n) is 5.02. The van der Waals surface area contributed by atoms with Gasteiger partial charge in [0.15, 0.2) is 5.69 Å². The number of nitrogens with zero attached hydrogens (tertiary/aromatic N) is 2. The molecule has 0 aromatic carbocycles. The molecule has 1 amide bonds. The first-order chi connectivity index (χ1) is 9.97. The summed E-state index contributed by atoms with van der Waals surface area (Å²) in [5.41, 5.74) is 0.0931. The van der Waals surface area contributed by atoms with Crippen molar-refractivity contribution in [3.63, 3.8) is 0 Å². The Kier molecular flexibility index (Phi) is 6.87. The Labute approximate surface area is 124 Å². The predicted molar refractivity (Wildman–Crippen MR) is 74.6 cm³/mol. The number of methoxy groups -OCH3 is 2. The van der Waals surface area contributed by atoms with Crippen molar-refractivity contribution in [3.8, 4) is 0 Å². The first-order valence-electron chi connectivity index (χ1n) is 6.77.